The van der Waals surface area contributed by atoms with Gasteiger partial charge in [0, 0.05) is 30.9 Å². The summed E-state index contributed by atoms with van der Waals surface area (Å²) in [6.07, 6.45) is 2.92. The molecule has 0 saturated carbocycles. The number of fused-ring (bicyclic) bond motifs is 1. The number of likely N-dealkylation sites (N-methyl/N-ethyl adjacent to an activating group) is 1. The molecule has 1 saturated heterocycles. The van der Waals surface area contributed by atoms with E-state index in [2.05, 4.69) is 15.6 Å². The summed E-state index contributed by atoms with van der Waals surface area (Å²) in [5.74, 6) is 0.0612. The lowest BCUT2D eigenvalue weighted by Gasteiger charge is -2.43. The fourth-order valence-corrected chi connectivity index (χ4v) is 4.27. The van der Waals surface area contributed by atoms with E-state index < -0.39 is 5.54 Å². The number of hydrogen-bond acceptors (Lipinski definition) is 5. The van der Waals surface area contributed by atoms with Gasteiger partial charge >= 0.3 is 0 Å². The van der Waals surface area contributed by atoms with Crippen LogP contribution in [0.5, 0.6) is 0 Å². The fraction of sp³-hybridized carbons (Fsp3) is 0.417. The van der Waals surface area contributed by atoms with E-state index >= 15 is 0 Å². The number of nitrogens with zero attached hydrogens (tertiary/aromatic N) is 3. The van der Waals surface area contributed by atoms with Crippen molar-refractivity contribution in [2.45, 2.75) is 32.2 Å². The maximum Gasteiger partial charge on any atom is 0.243 e. The molecule has 1 aromatic carbocycles. The number of carbonyl (C=O) groups is 3. The van der Waals surface area contributed by atoms with Gasteiger partial charge in [-0.05, 0) is 69.1 Å². The average molecular weight is 436 g/mol. The maximum atomic E-state index is 12.7. The van der Waals surface area contributed by atoms with Gasteiger partial charge in [-0.15, -0.1) is 0 Å². The van der Waals surface area contributed by atoms with Crippen molar-refractivity contribution in [1.29, 1.82) is 0 Å². The van der Waals surface area contributed by atoms with Gasteiger partial charge in [0.1, 0.15) is 5.82 Å². The number of amides is 3. The van der Waals surface area contributed by atoms with Crippen LogP contribution in [0, 0.1) is 5.92 Å². The van der Waals surface area contributed by atoms with E-state index in [-0.39, 0.29) is 30.2 Å². The van der Waals surface area contributed by atoms with Crippen LogP contribution in [0.4, 0.5) is 11.5 Å². The summed E-state index contributed by atoms with van der Waals surface area (Å²) < 4.78 is 0. The predicted octanol–water partition coefficient (Wildman–Crippen LogP) is 1.93. The van der Waals surface area contributed by atoms with Crippen molar-refractivity contribution in [3.63, 3.8) is 0 Å². The van der Waals surface area contributed by atoms with Crippen molar-refractivity contribution in [3.8, 4) is 0 Å². The first-order valence-electron chi connectivity index (χ1n) is 10.9. The van der Waals surface area contributed by atoms with Gasteiger partial charge in [0.05, 0.1) is 12.1 Å². The normalized spacial score (nSPS) is 20.0. The molecule has 2 aliphatic rings. The Labute approximate surface area is 188 Å². The third kappa shape index (κ3) is 4.50. The van der Waals surface area contributed by atoms with E-state index in [1.165, 1.54) is 0 Å². The zero-order valence-corrected chi connectivity index (χ0v) is 18.7. The summed E-state index contributed by atoms with van der Waals surface area (Å²) >= 11 is 0. The molecule has 168 valence electrons. The van der Waals surface area contributed by atoms with E-state index in [9.17, 15) is 14.4 Å². The highest BCUT2D eigenvalue weighted by Gasteiger charge is 2.40. The molecule has 8 nitrogen and oxygen atoms in total. The monoisotopic (exact) mass is 435 g/mol. The number of piperazine rings is 1. The van der Waals surface area contributed by atoms with Crippen molar-refractivity contribution >= 4 is 29.2 Å². The van der Waals surface area contributed by atoms with Crippen molar-refractivity contribution in [2.24, 2.45) is 5.92 Å². The van der Waals surface area contributed by atoms with Gasteiger partial charge in [-0.25, -0.2) is 4.98 Å². The van der Waals surface area contributed by atoms with E-state index in [0.29, 0.717) is 30.9 Å². The number of hydrogen-bond donors (Lipinski definition) is 2. The lowest BCUT2D eigenvalue weighted by molar-refractivity contribution is -0.149. The third-order valence-electron chi connectivity index (χ3n) is 6.51. The fourth-order valence-electron chi connectivity index (χ4n) is 4.27. The van der Waals surface area contributed by atoms with Gasteiger partial charge in [-0.2, -0.15) is 0 Å². The van der Waals surface area contributed by atoms with Crippen LogP contribution < -0.4 is 10.6 Å². The first-order valence-corrected chi connectivity index (χ1v) is 10.9. The summed E-state index contributed by atoms with van der Waals surface area (Å²) in [5.41, 5.74) is 2.23. The second-order valence-electron chi connectivity index (χ2n) is 9.05. The van der Waals surface area contributed by atoms with Crippen LogP contribution in [0.2, 0.25) is 0 Å². The molecule has 0 bridgehead atoms. The summed E-state index contributed by atoms with van der Waals surface area (Å²) in [5, 5.41) is 5.77. The molecule has 2 heterocycles. The highest BCUT2D eigenvalue weighted by atomic mass is 16.2. The number of benzene rings is 1. The number of carbonyl (C=O) groups excluding carboxylic acids is 3. The number of rotatable bonds is 5. The summed E-state index contributed by atoms with van der Waals surface area (Å²) in [6, 6.07) is 11.1. The van der Waals surface area contributed by atoms with Crippen LogP contribution in [0.15, 0.2) is 42.6 Å². The van der Waals surface area contributed by atoms with E-state index in [1.54, 1.807) is 23.2 Å². The van der Waals surface area contributed by atoms with Crippen LogP contribution in [0.1, 0.15) is 25.0 Å². The zero-order valence-electron chi connectivity index (χ0n) is 18.7. The van der Waals surface area contributed by atoms with Crippen molar-refractivity contribution in [3.05, 3.63) is 53.7 Å². The first-order chi connectivity index (χ1) is 15.2. The second kappa shape index (κ2) is 8.70. The molecule has 2 aromatic rings. The molecule has 1 fully saturated rings. The quantitative estimate of drug-likeness (QED) is 0.748. The summed E-state index contributed by atoms with van der Waals surface area (Å²) in [7, 11) is 1.92. The largest absolute Gasteiger partial charge is 0.331 e. The van der Waals surface area contributed by atoms with E-state index in [0.717, 1.165) is 17.7 Å². The van der Waals surface area contributed by atoms with Crippen LogP contribution in [-0.2, 0) is 27.2 Å². The smallest absolute Gasteiger partial charge is 0.243 e. The Morgan fingerprint density at radius 2 is 1.88 bits per heavy atom. The number of aromatic nitrogens is 1. The molecular formula is C24H29N5O3. The number of anilines is 2. The van der Waals surface area contributed by atoms with Gasteiger partial charge < -0.3 is 15.5 Å². The molecule has 2 N–H and O–H groups in total. The molecule has 0 spiro atoms. The van der Waals surface area contributed by atoms with Gasteiger partial charge in [0.2, 0.25) is 17.7 Å². The van der Waals surface area contributed by atoms with Crippen molar-refractivity contribution in [1.82, 2.24) is 14.8 Å². The molecule has 0 radical (unpaired) electrons. The van der Waals surface area contributed by atoms with Gasteiger partial charge in [0.15, 0.2) is 0 Å². The minimum absolute atomic E-state index is 0.0301. The van der Waals surface area contributed by atoms with Crippen molar-refractivity contribution < 1.29 is 14.4 Å². The Balaban J connectivity index is 1.35. The molecule has 8 heteroatoms. The number of pyridine rings is 1. The molecule has 1 aromatic heterocycles. The van der Waals surface area contributed by atoms with Crippen LogP contribution >= 0.6 is 0 Å². The summed E-state index contributed by atoms with van der Waals surface area (Å²) in [4.78, 5) is 45.7. The van der Waals surface area contributed by atoms with Gasteiger partial charge in [-0.1, -0.05) is 12.1 Å². The second-order valence-corrected chi connectivity index (χ2v) is 9.05. The predicted molar refractivity (Wildman–Crippen MR) is 122 cm³/mol. The summed E-state index contributed by atoms with van der Waals surface area (Å²) in [6.45, 7) is 5.04. The number of nitrogens with one attached hydrogen (secondary N) is 2. The first kappa shape index (κ1) is 22.0. The minimum atomic E-state index is -0.614. The molecular weight excluding hydrogens is 406 g/mol. The molecule has 3 amide bonds. The molecule has 4 rings (SSSR count). The van der Waals surface area contributed by atoms with Crippen LogP contribution in [0.25, 0.3) is 0 Å². The molecule has 1 atom stereocenters. The molecule has 1 unspecified atom stereocenters. The van der Waals surface area contributed by atoms with Crippen molar-refractivity contribution in [2.75, 3.05) is 37.3 Å². The van der Waals surface area contributed by atoms with E-state index in [1.807, 2.05) is 50.1 Å². The lowest BCUT2D eigenvalue weighted by Crippen LogP contribution is -2.62. The van der Waals surface area contributed by atoms with Crippen LogP contribution in [-0.4, -0.2) is 64.7 Å². The highest BCUT2D eigenvalue weighted by Crippen LogP contribution is 2.30. The Morgan fingerprint density at radius 3 is 2.62 bits per heavy atom. The van der Waals surface area contributed by atoms with Crippen LogP contribution in [0.3, 0.4) is 0 Å². The Hall–Kier alpha value is -3.26. The lowest BCUT2D eigenvalue weighted by atomic mass is 9.98. The Bertz CT molecular complexity index is 1040. The SMILES string of the molecule is CN1CCN(CC(=O)Nc2ccc3c(c2)CC(C(=O)Nc2ccccn2)C3)C(=O)C1(C)C. The Morgan fingerprint density at radius 1 is 1.09 bits per heavy atom. The third-order valence-corrected chi connectivity index (χ3v) is 6.51. The standard InChI is InChI=1S/C24H29N5O3/c1-24(2)23(32)29(11-10-28(24)3)15-21(30)26-19-8-7-16-12-18(13-17(16)14-19)22(31)27-20-6-4-5-9-25-20/h4-9,14,18H,10-13,15H2,1-3H3,(H,26,30)(H,25,27,31). The Kier molecular flexibility index (Phi) is 5.97. The molecule has 1 aliphatic carbocycles. The minimum Gasteiger partial charge on any atom is -0.331 e. The van der Waals surface area contributed by atoms with E-state index in [4.69, 9.17) is 0 Å². The molecule has 32 heavy (non-hydrogen) atoms. The molecule has 1 aliphatic heterocycles. The van der Waals surface area contributed by atoms with Gasteiger partial charge in [-0.3, -0.25) is 19.3 Å². The topological polar surface area (TPSA) is 94.6 Å². The maximum absolute atomic E-state index is 12.7. The average Bonchev–Trinajstić information content (AvgIpc) is 3.19. The zero-order chi connectivity index (χ0) is 22.9. The highest BCUT2D eigenvalue weighted by molar-refractivity contribution is 5.96. The van der Waals surface area contributed by atoms with Gasteiger partial charge in [0.25, 0.3) is 0 Å².